The van der Waals surface area contributed by atoms with Crippen LogP contribution in [-0.4, -0.2) is 42.7 Å². The zero-order valence-corrected chi connectivity index (χ0v) is 14.5. The Labute approximate surface area is 142 Å². The van der Waals surface area contributed by atoms with Crippen LogP contribution in [0.25, 0.3) is 0 Å². The molecular formula is C18H25FN2OS. The van der Waals surface area contributed by atoms with Crippen LogP contribution in [0.1, 0.15) is 26.2 Å². The van der Waals surface area contributed by atoms with Crippen LogP contribution in [0.4, 0.5) is 4.39 Å². The van der Waals surface area contributed by atoms with E-state index in [-0.39, 0.29) is 17.6 Å². The first kappa shape index (κ1) is 16.8. The van der Waals surface area contributed by atoms with Crippen LogP contribution in [0.5, 0.6) is 0 Å². The van der Waals surface area contributed by atoms with Gasteiger partial charge in [0.1, 0.15) is 5.82 Å². The minimum absolute atomic E-state index is 0.000746. The summed E-state index contributed by atoms with van der Waals surface area (Å²) in [5.41, 5.74) is 0.447. The van der Waals surface area contributed by atoms with E-state index in [1.807, 2.05) is 11.8 Å². The molecular weight excluding hydrogens is 311 g/mol. The summed E-state index contributed by atoms with van der Waals surface area (Å²) in [5.74, 6) is 0.788. The predicted octanol–water partition coefficient (Wildman–Crippen LogP) is 3.16. The fraction of sp³-hybridized carbons (Fsp3) is 0.611. The molecule has 3 rings (SSSR count). The summed E-state index contributed by atoms with van der Waals surface area (Å²) in [5, 5.41) is 3.46. The van der Waals surface area contributed by atoms with Crippen LogP contribution >= 0.6 is 11.8 Å². The van der Waals surface area contributed by atoms with Gasteiger partial charge in [-0.1, -0.05) is 6.92 Å². The number of hydrogen-bond acceptors (Lipinski definition) is 3. The summed E-state index contributed by atoms with van der Waals surface area (Å²) in [4.78, 5) is 15.7. The lowest BCUT2D eigenvalue weighted by Crippen LogP contribution is -2.46. The third kappa shape index (κ3) is 4.07. The van der Waals surface area contributed by atoms with Crippen LogP contribution in [-0.2, 0) is 4.79 Å². The Morgan fingerprint density at radius 1 is 1.30 bits per heavy atom. The SMILES string of the molecule is CC(CSc1ccc(F)cc1)C(=O)N1CCC2(CCNC2)CC1. The molecule has 0 bridgehead atoms. The highest BCUT2D eigenvalue weighted by Gasteiger charge is 2.38. The summed E-state index contributed by atoms with van der Waals surface area (Å²) < 4.78 is 12.9. The first-order chi connectivity index (χ1) is 11.1. The molecule has 2 fully saturated rings. The molecule has 2 heterocycles. The van der Waals surface area contributed by atoms with Crippen molar-refractivity contribution in [2.24, 2.45) is 11.3 Å². The number of likely N-dealkylation sites (tertiary alicyclic amines) is 1. The molecule has 1 aromatic carbocycles. The number of halogens is 1. The van der Waals surface area contributed by atoms with Gasteiger partial charge in [-0.15, -0.1) is 11.8 Å². The molecule has 1 unspecified atom stereocenters. The van der Waals surface area contributed by atoms with Crippen molar-refractivity contribution in [3.05, 3.63) is 30.1 Å². The monoisotopic (exact) mass is 336 g/mol. The van der Waals surface area contributed by atoms with Crippen LogP contribution in [0.15, 0.2) is 29.2 Å². The highest BCUT2D eigenvalue weighted by molar-refractivity contribution is 7.99. The van der Waals surface area contributed by atoms with E-state index in [0.717, 1.165) is 49.7 Å². The highest BCUT2D eigenvalue weighted by Crippen LogP contribution is 2.37. The second-order valence-corrected chi connectivity index (χ2v) is 8.01. The molecule has 2 saturated heterocycles. The number of rotatable bonds is 4. The largest absolute Gasteiger partial charge is 0.342 e. The van der Waals surface area contributed by atoms with Gasteiger partial charge in [0.2, 0.25) is 5.91 Å². The summed E-state index contributed by atoms with van der Waals surface area (Å²) in [6.07, 6.45) is 3.51. The minimum Gasteiger partial charge on any atom is -0.342 e. The average molecular weight is 336 g/mol. The molecule has 2 aliphatic heterocycles. The Bertz CT molecular complexity index is 532. The Kier molecular flexibility index (Phi) is 5.27. The first-order valence-electron chi connectivity index (χ1n) is 8.46. The molecule has 5 heteroatoms. The van der Waals surface area contributed by atoms with Gasteiger partial charge in [0, 0.05) is 36.2 Å². The van der Waals surface area contributed by atoms with E-state index in [4.69, 9.17) is 0 Å². The molecule has 0 saturated carbocycles. The van der Waals surface area contributed by atoms with Crippen molar-refractivity contribution >= 4 is 17.7 Å². The summed E-state index contributed by atoms with van der Waals surface area (Å²) in [6.45, 7) is 6.03. The van der Waals surface area contributed by atoms with Crippen LogP contribution in [0, 0.1) is 17.2 Å². The van der Waals surface area contributed by atoms with E-state index < -0.39 is 0 Å². The molecule has 3 nitrogen and oxygen atoms in total. The van der Waals surface area contributed by atoms with E-state index in [1.165, 1.54) is 18.6 Å². The molecule has 1 N–H and O–H groups in total. The summed E-state index contributed by atoms with van der Waals surface area (Å²) in [7, 11) is 0. The second-order valence-electron chi connectivity index (χ2n) is 6.92. The number of amides is 1. The molecule has 0 aromatic heterocycles. The Morgan fingerprint density at radius 3 is 2.61 bits per heavy atom. The molecule has 1 amide bonds. The van der Waals surface area contributed by atoms with E-state index in [1.54, 1.807) is 23.9 Å². The fourth-order valence-corrected chi connectivity index (χ4v) is 4.47. The molecule has 1 spiro atoms. The lowest BCUT2D eigenvalue weighted by Gasteiger charge is -2.39. The van der Waals surface area contributed by atoms with Gasteiger partial charge >= 0.3 is 0 Å². The van der Waals surface area contributed by atoms with Gasteiger partial charge in [0.25, 0.3) is 0 Å². The van der Waals surface area contributed by atoms with Gasteiger partial charge in [-0.3, -0.25) is 4.79 Å². The number of thioether (sulfide) groups is 1. The zero-order valence-electron chi connectivity index (χ0n) is 13.7. The van der Waals surface area contributed by atoms with Crippen molar-refractivity contribution in [1.29, 1.82) is 0 Å². The van der Waals surface area contributed by atoms with E-state index in [0.29, 0.717) is 5.41 Å². The van der Waals surface area contributed by atoms with Crippen molar-refractivity contribution in [3.8, 4) is 0 Å². The highest BCUT2D eigenvalue weighted by atomic mass is 32.2. The number of carbonyl (C=O) groups excluding carboxylic acids is 1. The molecule has 2 aliphatic rings. The quantitative estimate of drug-likeness (QED) is 0.857. The smallest absolute Gasteiger partial charge is 0.226 e. The first-order valence-corrected chi connectivity index (χ1v) is 9.44. The lowest BCUT2D eigenvalue weighted by atomic mass is 9.77. The van der Waals surface area contributed by atoms with Crippen molar-refractivity contribution in [2.45, 2.75) is 31.1 Å². The van der Waals surface area contributed by atoms with Crippen molar-refractivity contribution in [3.63, 3.8) is 0 Å². The van der Waals surface area contributed by atoms with Gasteiger partial charge in [-0.25, -0.2) is 4.39 Å². The van der Waals surface area contributed by atoms with Gasteiger partial charge in [-0.05, 0) is 55.5 Å². The van der Waals surface area contributed by atoms with Gasteiger partial charge in [-0.2, -0.15) is 0 Å². The van der Waals surface area contributed by atoms with E-state index >= 15 is 0 Å². The summed E-state index contributed by atoms with van der Waals surface area (Å²) >= 11 is 1.62. The van der Waals surface area contributed by atoms with E-state index in [9.17, 15) is 9.18 Å². The predicted molar refractivity (Wildman–Crippen MR) is 92.0 cm³/mol. The van der Waals surface area contributed by atoms with Gasteiger partial charge < -0.3 is 10.2 Å². The van der Waals surface area contributed by atoms with Crippen molar-refractivity contribution in [1.82, 2.24) is 10.2 Å². The Morgan fingerprint density at radius 2 is 2.00 bits per heavy atom. The van der Waals surface area contributed by atoms with Gasteiger partial charge in [0.05, 0.1) is 0 Å². The zero-order chi connectivity index (χ0) is 16.3. The number of carbonyl (C=O) groups is 1. The fourth-order valence-electron chi connectivity index (χ4n) is 3.56. The lowest BCUT2D eigenvalue weighted by molar-refractivity contribution is -0.136. The third-order valence-corrected chi connectivity index (χ3v) is 6.48. The number of piperidine rings is 1. The second kappa shape index (κ2) is 7.22. The van der Waals surface area contributed by atoms with Crippen molar-refractivity contribution < 1.29 is 9.18 Å². The van der Waals surface area contributed by atoms with Crippen LogP contribution < -0.4 is 5.32 Å². The number of nitrogens with zero attached hydrogens (tertiary/aromatic N) is 1. The normalized spacial score (nSPS) is 21.6. The molecule has 1 atom stereocenters. The maximum absolute atomic E-state index is 12.9. The van der Waals surface area contributed by atoms with E-state index in [2.05, 4.69) is 5.32 Å². The topological polar surface area (TPSA) is 32.3 Å². The average Bonchev–Trinajstić information content (AvgIpc) is 3.02. The molecule has 23 heavy (non-hydrogen) atoms. The third-order valence-electron chi connectivity index (χ3n) is 5.20. The van der Waals surface area contributed by atoms with Crippen LogP contribution in [0.2, 0.25) is 0 Å². The Hall–Kier alpha value is -1.07. The minimum atomic E-state index is -0.220. The number of benzene rings is 1. The molecule has 1 aromatic rings. The number of hydrogen-bond donors (Lipinski definition) is 1. The standard InChI is InChI=1S/C18H25FN2OS/c1-14(12-23-16-4-2-15(19)3-5-16)17(22)21-10-7-18(8-11-21)6-9-20-13-18/h2-5,14,20H,6-13H2,1H3. The number of nitrogens with one attached hydrogen (secondary N) is 1. The Balaban J connectivity index is 1.47. The summed E-state index contributed by atoms with van der Waals surface area (Å²) in [6, 6.07) is 6.48. The molecule has 0 radical (unpaired) electrons. The van der Waals surface area contributed by atoms with Gasteiger partial charge in [0.15, 0.2) is 0 Å². The molecule has 0 aliphatic carbocycles. The maximum Gasteiger partial charge on any atom is 0.226 e. The van der Waals surface area contributed by atoms with Crippen LogP contribution in [0.3, 0.4) is 0 Å². The maximum atomic E-state index is 12.9. The molecule has 126 valence electrons. The van der Waals surface area contributed by atoms with Crippen molar-refractivity contribution in [2.75, 3.05) is 31.9 Å².